The third kappa shape index (κ3) is 1.74. The summed E-state index contributed by atoms with van der Waals surface area (Å²) in [6.45, 7) is 3.85. The minimum absolute atomic E-state index is 0.0428. The van der Waals surface area contributed by atoms with Gasteiger partial charge in [-0.2, -0.15) is 5.10 Å². The number of rotatable bonds is 2. The first-order valence-corrected chi connectivity index (χ1v) is 5.19. The van der Waals surface area contributed by atoms with Crippen molar-refractivity contribution >= 4 is 0 Å². The molecule has 84 valence electrons. The van der Waals surface area contributed by atoms with Crippen molar-refractivity contribution in [1.82, 2.24) is 10.2 Å². The molecule has 3 N–H and O–H groups in total. The number of phenols is 2. The summed E-state index contributed by atoms with van der Waals surface area (Å²) in [5, 5.41) is 26.2. The van der Waals surface area contributed by atoms with Gasteiger partial charge >= 0.3 is 0 Å². The van der Waals surface area contributed by atoms with Crippen LogP contribution < -0.4 is 0 Å². The van der Waals surface area contributed by atoms with Gasteiger partial charge in [0.2, 0.25) is 0 Å². The maximum Gasteiger partial charge on any atom is 0.128 e. The molecule has 4 heteroatoms. The summed E-state index contributed by atoms with van der Waals surface area (Å²) in [4.78, 5) is 0. The third-order valence-electron chi connectivity index (χ3n) is 2.56. The highest BCUT2D eigenvalue weighted by Crippen LogP contribution is 2.34. The molecule has 4 nitrogen and oxygen atoms in total. The first-order chi connectivity index (χ1) is 7.61. The average Bonchev–Trinajstić information content (AvgIpc) is 2.65. The number of nitrogens with zero attached hydrogens (tertiary/aromatic N) is 1. The molecule has 0 amide bonds. The molecule has 0 aliphatic carbocycles. The van der Waals surface area contributed by atoms with Crippen molar-refractivity contribution in [3.05, 3.63) is 29.5 Å². The first-order valence-electron chi connectivity index (χ1n) is 5.19. The van der Waals surface area contributed by atoms with Gasteiger partial charge in [-0.25, -0.2) is 0 Å². The highest BCUT2D eigenvalue weighted by atomic mass is 16.3. The van der Waals surface area contributed by atoms with Gasteiger partial charge in [-0.15, -0.1) is 0 Å². The van der Waals surface area contributed by atoms with Crippen molar-refractivity contribution in [3.63, 3.8) is 0 Å². The van der Waals surface area contributed by atoms with E-state index in [2.05, 4.69) is 10.2 Å². The van der Waals surface area contributed by atoms with Gasteiger partial charge in [-0.3, -0.25) is 5.10 Å². The number of H-pyrrole nitrogens is 1. The average molecular weight is 218 g/mol. The predicted octanol–water partition coefficient (Wildman–Crippen LogP) is 2.36. The molecule has 2 aromatic rings. The minimum Gasteiger partial charge on any atom is -0.508 e. The standard InChI is InChI=1S/C12H14N2O2/c1-3-8-5-9(12(16)6-11(8)15)10-4-7(2)13-14-10/h4-6,15-16H,3H2,1-2H3,(H,13,14). The molecule has 1 aromatic carbocycles. The fraction of sp³-hybridized carbons (Fsp3) is 0.250. The third-order valence-corrected chi connectivity index (χ3v) is 2.56. The molecule has 2 rings (SSSR count). The minimum atomic E-state index is 0.0428. The van der Waals surface area contributed by atoms with E-state index in [0.29, 0.717) is 17.7 Å². The van der Waals surface area contributed by atoms with Crippen LogP contribution in [0.3, 0.4) is 0 Å². The van der Waals surface area contributed by atoms with Gasteiger partial charge in [-0.05, 0) is 31.0 Å². The second-order valence-corrected chi connectivity index (χ2v) is 3.79. The number of aryl methyl sites for hydroxylation is 2. The molecule has 0 aliphatic heterocycles. The number of aromatic hydroxyl groups is 2. The number of phenolic OH excluding ortho intramolecular Hbond substituents is 2. The number of nitrogens with one attached hydrogen (secondary N) is 1. The van der Waals surface area contributed by atoms with E-state index in [-0.39, 0.29) is 11.5 Å². The summed E-state index contributed by atoms with van der Waals surface area (Å²) >= 11 is 0. The monoisotopic (exact) mass is 218 g/mol. The number of aromatic amines is 1. The van der Waals surface area contributed by atoms with Crippen LogP contribution in [0.15, 0.2) is 18.2 Å². The van der Waals surface area contributed by atoms with E-state index in [1.54, 1.807) is 6.07 Å². The molecule has 0 atom stereocenters. The van der Waals surface area contributed by atoms with Crippen molar-refractivity contribution in [2.75, 3.05) is 0 Å². The number of aromatic nitrogens is 2. The zero-order valence-corrected chi connectivity index (χ0v) is 9.28. The molecule has 0 saturated heterocycles. The second kappa shape index (κ2) is 3.89. The van der Waals surface area contributed by atoms with E-state index in [9.17, 15) is 10.2 Å². The molecule has 0 bridgehead atoms. The Labute approximate surface area is 93.6 Å². The lowest BCUT2D eigenvalue weighted by atomic mass is 10.0. The molecule has 0 aliphatic rings. The van der Waals surface area contributed by atoms with Gasteiger partial charge in [0.05, 0.1) is 5.69 Å². The Morgan fingerprint density at radius 3 is 2.50 bits per heavy atom. The molecule has 0 radical (unpaired) electrons. The Kier molecular flexibility index (Phi) is 2.56. The van der Waals surface area contributed by atoms with Crippen molar-refractivity contribution < 1.29 is 10.2 Å². The predicted molar refractivity (Wildman–Crippen MR) is 61.5 cm³/mol. The Morgan fingerprint density at radius 1 is 1.19 bits per heavy atom. The van der Waals surface area contributed by atoms with E-state index < -0.39 is 0 Å². The SMILES string of the molecule is CCc1cc(-c2cc(C)[nH]n2)c(O)cc1O. The summed E-state index contributed by atoms with van der Waals surface area (Å²) in [7, 11) is 0. The normalized spacial score (nSPS) is 10.6. The summed E-state index contributed by atoms with van der Waals surface area (Å²) < 4.78 is 0. The molecule has 0 unspecified atom stereocenters. The van der Waals surface area contributed by atoms with E-state index in [4.69, 9.17) is 0 Å². The van der Waals surface area contributed by atoms with E-state index in [1.807, 2.05) is 19.9 Å². The van der Waals surface area contributed by atoms with Crippen LogP contribution >= 0.6 is 0 Å². The molecule has 1 heterocycles. The van der Waals surface area contributed by atoms with E-state index in [0.717, 1.165) is 11.3 Å². The van der Waals surface area contributed by atoms with Crippen molar-refractivity contribution in [2.45, 2.75) is 20.3 Å². The summed E-state index contributed by atoms with van der Waals surface area (Å²) in [5.41, 5.74) is 3.05. The van der Waals surface area contributed by atoms with Crippen LogP contribution in [-0.4, -0.2) is 20.4 Å². The van der Waals surface area contributed by atoms with Gasteiger partial charge in [-0.1, -0.05) is 6.92 Å². The van der Waals surface area contributed by atoms with Crippen LogP contribution in [0.25, 0.3) is 11.3 Å². The summed E-state index contributed by atoms with van der Waals surface area (Å²) in [6, 6.07) is 4.98. The van der Waals surface area contributed by atoms with Crippen LogP contribution in [0.5, 0.6) is 11.5 Å². The van der Waals surface area contributed by atoms with Crippen molar-refractivity contribution in [2.24, 2.45) is 0 Å². The Bertz CT molecular complexity index is 518. The van der Waals surface area contributed by atoms with Gasteiger partial charge < -0.3 is 10.2 Å². The maximum absolute atomic E-state index is 9.76. The summed E-state index contributed by atoms with van der Waals surface area (Å²) in [6.07, 6.45) is 0.711. The molecule has 16 heavy (non-hydrogen) atoms. The Morgan fingerprint density at radius 2 is 1.94 bits per heavy atom. The summed E-state index contributed by atoms with van der Waals surface area (Å²) in [5.74, 6) is 0.164. The molecular formula is C12H14N2O2. The van der Waals surface area contributed by atoms with Crippen LogP contribution in [0.2, 0.25) is 0 Å². The van der Waals surface area contributed by atoms with Crippen LogP contribution in [0.4, 0.5) is 0 Å². The molecule has 0 fully saturated rings. The molecular weight excluding hydrogens is 204 g/mol. The van der Waals surface area contributed by atoms with Gasteiger partial charge in [0.1, 0.15) is 11.5 Å². The van der Waals surface area contributed by atoms with Crippen LogP contribution in [0.1, 0.15) is 18.2 Å². The quantitative estimate of drug-likeness (QED) is 0.724. The topological polar surface area (TPSA) is 69.1 Å². The number of benzene rings is 1. The fourth-order valence-corrected chi connectivity index (χ4v) is 1.67. The lowest BCUT2D eigenvalue weighted by Crippen LogP contribution is -1.86. The lowest BCUT2D eigenvalue weighted by molar-refractivity contribution is 0.447. The lowest BCUT2D eigenvalue weighted by Gasteiger charge is -2.06. The Balaban J connectivity index is 2.56. The Hall–Kier alpha value is -1.97. The number of hydrogen-bond acceptors (Lipinski definition) is 3. The fourth-order valence-electron chi connectivity index (χ4n) is 1.67. The van der Waals surface area contributed by atoms with Gasteiger partial charge in [0, 0.05) is 17.3 Å². The molecule has 0 spiro atoms. The zero-order chi connectivity index (χ0) is 11.7. The van der Waals surface area contributed by atoms with Crippen LogP contribution in [0, 0.1) is 6.92 Å². The second-order valence-electron chi connectivity index (χ2n) is 3.79. The van der Waals surface area contributed by atoms with Gasteiger partial charge in [0.15, 0.2) is 0 Å². The smallest absolute Gasteiger partial charge is 0.128 e. The van der Waals surface area contributed by atoms with Gasteiger partial charge in [0.25, 0.3) is 0 Å². The largest absolute Gasteiger partial charge is 0.508 e. The highest BCUT2D eigenvalue weighted by molar-refractivity contribution is 5.69. The molecule has 1 aromatic heterocycles. The first kappa shape index (κ1) is 10.5. The van der Waals surface area contributed by atoms with E-state index >= 15 is 0 Å². The van der Waals surface area contributed by atoms with E-state index in [1.165, 1.54) is 6.07 Å². The maximum atomic E-state index is 9.76. The number of hydrogen-bond donors (Lipinski definition) is 3. The van der Waals surface area contributed by atoms with Crippen molar-refractivity contribution in [1.29, 1.82) is 0 Å². The highest BCUT2D eigenvalue weighted by Gasteiger charge is 2.11. The van der Waals surface area contributed by atoms with Crippen molar-refractivity contribution in [3.8, 4) is 22.8 Å². The van der Waals surface area contributed by atoms with Crippen LogP contribution in [-0.2, 0) is 6.42 Å². The zero-order valence-electron chi connectivity index (χ0n) is 9.28. The molecule has 0 saturated carbocycles.